The van der Waals surface area contributed by atoms with Crippen LogP contribution in [-0.2, 0) is 19.8 Å². The van der Waals surface area contributed by atoms with Crippen molar-refractivity contribution in [1.82, 2.24) is 9.55 Å². The lowest BCUT2D eigenvalue weighted by Crippen LogP contribution is -2.24. The third-order valence-corrected chi connectivity index (χ3v) is 5.04. The fourth-order valence-electron chi connectivity index (χ4n) is 3.24. The van der Waals surface area contributed by atoms with E-state index in [-0.39, 0.29) is 29.4 Å². The van der Waals surface area contributed by atoms with Crippen molar-refractivity contribution >= 4 is 11.8 Å². The van der Waals surface area contributed by atoms with Gasteiger partial charge in [-0.25, -0.2) is 13.6 Å². The molecule has 1 aromatic heterocycles. The molecule has 0 unspecified atom stereocenters. The lowest BCUT2D eigenvalue weighted by Gasteiger charge is -2.14. The molecule has 0 aliphatic rings. The topological polar surface area (TPSA) is 91.7 Å². The molecular formula is C24H21F5N4O3. The van der Waals surface area contributed by atoms with Crippen LogP contribution in [0, 0.1) is 18.6 Å². The van der Waals surface area contributed by atoms with Crippen LogP contribution in [0.1, 0.15) is 22.4 Å². The molecule has 0 amide bonds. The van der Waals surface area contributed by atoms with Gasteiger partial charge in [-0.05, 0) is 42.3 Å². The molecule has 7 nitrogen and oxygen atoms in total. The quantitative estimate of drug-likeness (QED) is 0.367. The van der Waals surface area contributed by atoms with Crippen molar-refractivity contribution in [2.24, 2.45) is 17.8 Å². The summed E-state index contributed by atoms with van der Waals surface area (Å²) < 4.78 is 80.3. The van der Waals surface area contributed by atoms with E-state index in [1.165, 1.54) is 50.1 Å². The van der Waals surface area contributed by atoms with Gasteiger partial charge in [0.05, 0.1) is 11.3 Å². The van der Waals surface area contributed by atoms with Crippen molar-refractivity contribution in [2.45, 2.75) is 19.7 Å². The van der Waals surface area contributed by atoms with Crippen LogP contribution < -0.4 is 20.9 Å². The molecule has 3 rings (SSSR count). The van der Waals surface area contributed by atoms with Gasteiger partial charge in [0, 0.05) is 38.1 Å². The van der Waals surface area contributed by atoms with Gasteiger partial charge in [0.1, 0.15) is 12.4 Å². The van der Waals surface area contributed by atoms with E-state index in [9.17, 15) is 26.7 Å². The van der Waals surface area contributed by atoms with Crippen LogP contribution in [0.4, 0.5) is 22.0 Å². The van der Waals surface area contributed by atoms with Crippen LogP contribution in [0.5, 0.6) is 17.4 Å². The lowest BCUT2D eigenvalue weighted by atomic mass is 10.1. The molecule has 0 aliphatic carbocycles. The minimum atomic E-state index is -4.65. The normalized spacial score (nSPS) is 12.3. The van der Waals surface area contributed by atoms with Crippen molar-refractivity contribution in [3.8, 4) is 17.4 Å². The van der Waals surface area contributed by atoms with Crippen molar-refractivity contribution in [3.63, 3.8) is 0 Å². The second-order valence-corrected chi connectivity index (χ2v) is 7.58. The molecular weight excluding hydrogens is 487 g/mol. The molecule has 0 saturated carbocycles. The van der Waals surface area contributed by atoms with Crippen molar-refractivity contribution in [3.05, 3.63) is 87.1 Å². The zero-order valence-corrected chi connectivity index (χ0v) is 19.4. The molecule has 0 bridgehead atoms. The number of rotatable bonds is 7. The molecule has 12 heteroatoms. The summed E-state index contributed by atoms with van der Waals surface area (Å²) in [5.41, 5.74) is 4.65. The number of aromatic nitrogens is 2. The van der Waals surface area contributed by atoms with Gasteiger partial charge in [-0.15, -0.1) is 0 Å². The Morgan fingerprint density at radius 2 is 1.83 bits per heavy atom. The maximum Gasteiger partial charge on any atom is 0.416 e. The Kier molecular flexibility index (Phi) is 7.76. The van der Waals surface area contributed by atoms with Gasteiger partial charge >= 0.3 is 11.9 Å². The van der Waals surface area contributed by atoms with E-state index in [4.69, 9.17) is 15.2 Å². The SMILES string of the molecule is CN=CC(=CN)c1cc(OCc2cc(F)c(Oc3ccc(C)c(C(F)(F)F)c3)c(F)c2)nc(=O)n1C. The largest absolute Gasteiger partial charge is 0.473 e. The maximum atomic E-state index is 14.6. The van der Waals surface area contributed by atoms with E-state index in [2.05, 4.69) is 9.98 Å². The Morgan fingerprint density at radius 1 is 1.17 bits per heavy atom. The van der Waals surface area contributed by atoms with E-state index in [1.807, 2.05) is 0 Å². The van der Waals surface area contributed by atoms with Gasteiger partial charge in [-0.3, -0.25) is 9.56 Å². The maximum absolute atomic E-state index is 14.6. The number of nitrogens with two attached hydrogens (primary N) is 1. The minimum absolute atomic E-state index is 0.0194. The highest BCUT2D eigenvalue weighted by molar-refractivity contribution is 6.08. The van der Waals surface area contributed by atoms with Crippen LogP contribution in [-0.4, -0.2) is 22.8 Å². The molecule has 2 N–H and O–H groups in total. The Labute approximate surface area is 202 Å². The Hall–Kier alpha value is -4.22. The van der Waals surface area contributed by atoms with Crippen LogP contribution in [0.25, 0.3) is 5.57 Å². The molecule has 36 heavy (non-hydrogen) atoms. The molecule has 0 radical (unpaired) electrons. The number of nitrogens with zero attached hydrogens (tertiary/aromatic N) is 3. The number of halogens is 5. The predicted octanol–water partition coefficient (Wildman–Crippen LogP) is 4.76. The van der Waals surface area contributed by atoms with Crippen LogP contribution in [0.2, 0.25) is 0 Å². The van der Waals surface area contributed by atoms with E-state index in [0.717, 1.165) is 18.2 Å². The summed E-state index contributed by atoms with van der Waals surface area (Å²) in [4.78, 5) is 19.8. The van der Waals surface area contributed by atoms with E-state index in [1.54, 1.807) is 0 Å². The Morgan fingerprint density at radius 3 is 2.42 bits per heavy atom. The molecule has 3 aromatic rings. The summed E-state index contributed by atoms with van der Waals surface area (Å²) in [6.07, 6.45) is -1.99. The van der Waals surface area contributed by atoms with Crippen molar-refractivity contribution < 1.29 is 31.4 Å². The average molecular weight is 508 g/mol. The van der Waals surface area contributed by atoms with Gasteiger partial charge < -0.3 is 15.2 Å². The van der Waals surface area contributed by atoms with E-state index < -0.39 is 34.8 Å². The zero-order valence-electron chi connectivity index (χ0n) is 19.4. The third kappa shape index (κ3) is 5.88. The second-order valence-electron chi connectivity index (χ2n) is 7.58. The van der Waals surface area contributed by atoms with E-state index >= 15 is 0 Å². The molecule has 190 valence electrons. The van der Waals surface area contributed by atoms with E-state index in [0.29, 0.717) is 17.3 Å². The summed E-state index contributed by atoms with van der Waals surface area (Å²) in [7, 11) is 2.99. The van der Waals surface area contributed by atoms with Gasteiger partial charge in [0.2, 0.25) is 5.88 Å². The monoisotopic (exact) mass is 508 g/mol. The van der Waals surface area contributed by atoms with Crippen LogP contribution in [0.15, 0.2) is 52.4 Å². The van der Waals surface area contributed by atoms with Gasteiger partial charge in [0.15, 0.2) is 17.4 Å². The Bertz CT molecular complexity index is 1370. The summed E-state index contributed by atoms with van der Waals surface area (Å²) in [6, 6.07) is 6.17. The molecule has 0 aliphatic heterocycles. The fourth-order valence-corrected chi connectivity index (χ4v) is 3.24. The first kappa shape index (κ1) is 26.4. The predicted molar refractivity (Wildman–Crippen MR) is 123 cm³/mol. The number of hydrogen-bond acceptors (Lipinski definition) is 6. The fraction of sp³-hybridized carbons (Fsp3) is 0.208. The number of benzene rings is 2. The number of aliphatic imine (C=N–C) groups is 1. The van der Waals surface area contributed by atoms with Crippen molar-refractivity contribution in [1.29, 1.82) is 0 Å². The van der Waals surface area contributed by atoms with Crippen LogP contribution >= 0.6 is 0 Å². The van der Waals surface area contributed by atoms with Gasteiger partial charge in [-0.1, -0.05) is 6.07 Å². The molecule has 0 saturated heterocycles. The number of allylic oxidation sites excluding steroid dienone is 1. The Balaban J connectivity index is 1.83. The number of aryl methyl sites for hydroxylation is 1. The summed E-state index contributed by atoms with van der Waals surface area (Å²) in [6.45, 7) is 0.882. The average Bonchev–Trinajstić information content (AvgIpc) is 2.81. The smallest absolute Gasteiger partial charge is 0.416 e. The first-order valence-electron chi connectivity index (χ1n) is 10.3. The standard InChI is InChI=1S/C24H21F5N4O3/c1-13-4-5-16(8-17(13)24(27,28)29)36-22-18(25)6-14(7-19(22)26)12-35-21-9-20(15(10-30)11-31-2)33(3)23(34)32-21/h4-11H,12,30H2,1-3H3. The number of alkyl halides is 3. The lowest BCUT2D eigenvalue weighted by molar-refractivity contribution is -0.138. The molecule has 0 fully saturated rings. The number of hydrogen-bond donors (Lipinski definition) is 1. The summed E-state index contributed by atoms with van der Waals surface area (Å²) in [5.74, 6) is -3.70. The highest BCUT2D eigenvalue weighted by atomic mass is 19.4. The first-order chi connectivity index (χ1) is 16.9. The molecule has 2 aromatic carbocycles. The highest BCUT2D eigenvalue weighted by Gasteiger charge is 2.33. The minimum Gasteiger partial charge on any atom is -0.473 e. The first-order valence-corrected chi connectivity index (χ1v) is 10.3. The molecule has 0 spiro atoms. The van der Waals surface area contributed by atoms with Gasteiger partial charge in [0.25, 0.3) is 0 Å². The third-order valence-electron chi connectivity index (χ3n) is 5.04. The summed E-state index contributed by atoms with van der Waals surface area (Å²) in [5, 5.41) is 0. The second kappa shape index (κ2) is 10.6. The van der Waals surface area contributed by atoms with Crippen LogP contribution in [0.3, 0.4) is 0 Å². The van der Waals surface area contributed by atoms with Gasteiger partial charge in [-0.2, -0.15) is 18.2 Å². The summed E-state index contributed by atoms with van der Waals surface area (Å²) >= 11 is 0. The molecule has 0 atom stereocenters. The van der Waals surface area contributed by atoms with Crippen molar-refractivity contribution in [2.75, 3.05) is 7.05 Å². The molecule has 1 heterocycles. The number of ether oxygens (including phenoxy) is 2. The zero-order chi connectivity index (χ0) is 26.6. The highest BCUT2D eigenvalue weighted by Crippen LogP contribution is 2.36.